The van der Waals surface area contributed by atoms with Crippen molar-refractivity contribution in [1.29, 1.82) is 0 Å². The smallest absolute Gasteiger partial charge is 0.128 e. The molecule has 0 aliphatic carbocycles. The Hall–Kier alpha value is -1.13. The van der Waals surface area contributed by atoms with E-state index in [1.54, 1.807) is 0 Å². The Bertz CT molecular complexity index is 411. The highest BCUT2D eigenvalue weighted by Crippen LogP contribution is 2.32. The first-order chi connectivity index (χ1) is 9.88. The van der Waals surface area contributed by atoms with Crippen LogP contribution in [-0.2, 0) is 0 Å². The fraction of sp³-hybridized carbons (Fsp3) is 0.688. The first-order valence-electron chi connectivity index (χ1n) is 8.04. The van der Waals surface area contributed by atoms with E-state index in [2.05, 4.69) is 40.4 Å². The van der Waals surface area contributed by atoms with Crippen molar-refractivity contribution in [2.75, 3.05) is 44.2 Å². The van der Waals surface area contributed by atoms with Crippen LogP contribution in [0.2, 0.25) is 0 Å². The minimum Gasteiger partial charge on any atom is -0.354 e. The Morgan fingerprint density at radius 3 is 2.80 bits per heavy atom. The average molecular weight is 274 g/mol. The summed E-state index contributed by atoms with van der Waals surface area (Å²) in [6.45, 7) is 8.99. The van der Waals surface area contributed by atoms with E-state index in [1.165, 1.54) is 37.9 Å². The Morgan fingerprint density at radius 2 is 2.10 bits per heavy atom. The summed E-state index contributed by atoms with van der Waals surface area (Å²) in [6, 6.07) is 5.10. The van der Waals surface area contributed by atoms with Gasteiger partial charge < -0.3 is 10.2 Å². The molecule has 2 fully saturated rings. The number of rotatable bonds is 4. The Balaban J connectivity index is 1.69. The molecule has 4 heteroatoms. The molecular weight excluding hydrogens is 248 g/mol. The molecule has 1 unspecified atom stereocenters. The van der Waals surface area contributed by atoms with Crippen molar-refractivity contribution in [3.8, 4) is 0 Å². The molecule has 0 bridgehead atoms. The van der Waals surface area contributed by atoms with Gasteiger partial charge in [0.2, 0.25) is 0 Å². The summed E-state index contributed by atoms with van der Waals surface area (Å²) in [5.74, 6) is 1.13. The summed E-state index contributed by atoms with van der Waals surface area (Å²) in [6.07, 6.45) is 5.96. The molecule has 20 heavy (non-hydrogen) atoms. The van der Waals surface area contributed by atoms with E-state index >= 15 is 0 Å². The van der Waals surface area contributed by atoms with E-state index in [1.807, 2.05) is 0 Å². The molecule has 4 nitrogen and oxygen atoms in total. The van der Waals surface area contributed by atoms with Gasteiger partial charge >= 0.3 is 0 Å². The molecule has 1 atom stereocenters. The van der Waals surface area contributed by atoms with Crippen LogP contribution in [0.15, 0.2) is 18.3 Å². The van der Waals surface area contributed by atoms with Gasteiger partial charge in [0.05, 0.1) is 0 Å². The molecule has 1 aromatic rings. The van der Waals surface area contributed by atoms with E-state index in [0.29, 0.717) is 6.04 Å². The van der Waals surface area contributed by atoms with E-state index in [4.69, 9.17) is 4.98 Å². The van der Waals surface area contributed by atoms with Gasteiger partial charge in [-0.3, -0.25) is 4.90 Å². The lowest BCUT2D eigenvalue weighted by Crippen LogP contribution is -2.43. The van der Waals surface area contributed by atoms with Crippen molar-refractivity contribution in [2.45, 2.75) is 32.2 Å². The number of pyridine rings is 1. The van der Waals surface area contributed by atoms with Crippen LogP contribution in [0.5, 0.6) is 0 Å². The lowest BCUT2D eigenvalue weighted by molar-refractivity contribution is 0.257. The van der Waals surface area contributed by atoms with Crippen molar-refractivity contribution in [3.05, 3.63) is 23.9 Å². The van der Waals surface area contributed by atoms with Crippen LogP contribution < -0.4 is 10.2 Å². The van der Waals surface area contributed by atoms with E-state index in [-0.39, 0.29) is 0 Å². The van der Waals surface area contributed by atoms with E-state index in [0.717, 1.165) is 32.0 Å². The Morgan fingerprint density at radius 1 is 1.25 bits per heavy atom. The van der Waals surface area contributed by atoms with Gasteiger partial charge in [-0.25, -0.2) is 4.98 Å². The molecule has 110 valence electrons. The summed E-state index contributed by atoms with van der Waals surface area (Å²) in [5, 5.41) is 3.38. The number of hydrogen-bond donors (Lipinski definition) is 1. The highest BCUT2D eigenvalue weighted by molar-refractivity contribution is 5.40. The van der Waals surface area contributed by atoms with Gasteiger partial charge in [0.15, 0.2) is 0 Å². The van der Waals surface area contributed by atoms with Gasteiger partial charge in [-0.2, -0.15) is 0 Å². The van der Waals surface area contributed by atoms with Crippen LogP contribution >= 0.6 is 0 Å². The third-order valence-electron chi connectivity index (χ3n) is 4.47. The van der Waals surface area contributed by atoms with Crippen molar-refractivity contribution in [3.63, 3.8) is 0 Å². The zero-order chi connectivity index (χ0) is 13.8. The average Bonchev–Trinajstić information content (AvgIpc) is 2.97. The lowest BCUT2D eigenvalue weighted by Gasteiger charge is -2.29. The summed E-state index contributed by atoms with van der Waals surface area (Å²) < 4.78 is 0. The highest BCUT2D eigenvalue weighted by atomic mass is 15.2. The second-order valence-corrected chi connectivity index (χ2v) is 5.88. The normalized spacial score (nSPS) is 24.2. The standard InChI is InChI=1S/C16H26N4/c1-2-9-19-10-3-4-15(19)14-5-6-16(18-13-14)20-11-7-17-8-12-20/h5-6,13,15,17H,2-4,7-12H2,1H3. The zero-order valence-corrected chi connectivity index (χ0v) is 12.5. The molecule has 0 spiro atoms. The summed E-state index contributed by atoms with van der Waals surface area (Å²) in [4.78, 5) is 9.70. The SMILES string of the molecule is CCCN1CCCC1c1ccc(N2CCNCC2)nc1. The second-order valence-electron chi connectivity index (χ2n) is 5.88. The molecule has 0 saturated carbocycles. The largest absolute Gasteiger partial charge is 0.354 e. The third kappa shape index (κ3) is 2.96. The summed E-state index contributed by atoms with van der Waals surface area (Å²) in [5.41, 5.74) is 1.40. The minimum absolute atomic E-state index is 0.597. The molecule has 3 heterocycles. The molecule has 1 N–H and O–H groups in total. The zero-order valence-electron chi connectivity index (χ0n) is 12.5. The summed E-state index contributed by atoms with van der Waals surface area (Å²) >= 11 is 0. The fourth-order valence-electron chi connectivity index (χ4n) is 3.43. The number of nitrogens with zero attached hydrogens (tertiary/aromatic N) is 3. The van der Waals surface area contributed by atoms with E-state index in [9.17, 15) is 0 Å². The Labute approximate surface area is 122 Å². The van der Waals surface area contributed by atoms with Crippen LogP contribution in [0, 0.1) is 0 Å². The highest BCUT2D eigenvalue weighted by Gasteiger charge is 2.25. The number of hydrogen-bond acceptors (Lipinski definition) is 4. The lowest BCUT2D eigenvalue weighted by atomic mass is 10.1. The van der Waals surface area contributed by atoms with Crippen molar-refractivity contribution in [2.24, 2.45) is 0 Å². The minimum atomic E-state index is 0.597. The number of nitrogens with one attached hydrogen (secondary N) is 1. The molecule has 2 saturated heterocycles. The fourth-order valence-corrected chi connectivity index (χ4v) is 3.43. The maximum Gasteiger partial charge on any atom is 0.128 e. The topological polar surface area (TPSA) is 31.4 Å². The number of piperazine rings is 1. The monoisotopic (exact) mass is 274 g/mol. The molecule has 2 aliphatic heterocycles. The van der Waals surface area contributed by atoms with Gasteiger partial charge in [-0.05, 0) is 44.0 Å². The number of anilines is 1. The summed E-state index contributed by atoms with van der Waals surface area (Å²) in [7, 11) is 0. The maximum atomic E-state index is 4.71. The van der Waals surface area contributed by atoms with E-state index < -0.39 is 0 Å². The van der Waals surface area contributed by atoms with Crippen molar-refractivity contribution >= 4 is 5.82 Å². The predicted molar refractivity (Wildman–Crippen MR) is 83.2 cm³/mol. The quantitative estimate of drug-likeness (QED) is 0.910. The van der Waals surface area contributed by atoms with Crippen molar-refractivity contribution in [1.82, 2.24) is 15.2 Å². The van der Waals surface area contributed by atoms with Gasteiger partial charge in [-0.15, -0.1) is 0 Å². The number of likely N-dealkylation sites (tertiary alicyclic amines) is 1. The first-order valence-corrected chi connectivity index (χ1v) is 8.04. The van der Waals surface area contributed by atoms with Gasteiger partial charge in [0, 0.05) is 38.4 Å². The second kappa shape index (κ2) is 6.55. The third-order valence-corrected chi connectivity index (χ3v) is 4.47. The number of aromatic nitrogens is 1. The Kier molecular flexibility index (Phi) is 4.53. The van der Waals surface area contributed by atoms with Gasteiger partial charge in [0.25, 0.3) is 0 Å². The molecule has 0 radical (unpaired) electrons. The maximum absolute atomic E-state index is 4.71. The van der Waals surface area contributed by atoms with Crippen LogP contribution in [0.3, 0.4) is 0 Å². The van der Waals surface area contributed by atoms with Crippen LogP contribution in [0.25, 0.3) is 0 Å². The molecule has 2 aliphatic rings. The molecule has 0 amide bonds. The first kappa shape index (κ1) is 13.8. The van der Waals surface area contributed by atoms with Gasteiger partial charge in [-0.1, -0.05) is 13.0 Å². The van der Waals surface area contributed by atoms with Crippen LogP contribution in [0.1, 0.15) is 37.8 Å². The molecule has 3 rings (SSSR count). The molecule has 0 aromatic carbocycles. The predicted octanol–water partition coefficient (Wildman–Crippen LogP) is 2.04. The molecule has 1 aromatic heterocycles. The van der Waals surface area contributed by atoms with Crippen molar-refractivity contribution < 1.29 is 0 Å². The van der Waals surface area contributed by atoms with Crippen LogP contribution in [0.4, 0.5) is 5.82 Å². The molecular formula is C16H26N4. The van der Waals surface area contributed by atoms with Crippen LogP contribution in [-0.4, -0.2) is 49.2 Å². The van der Waals surface area contributed by atoms with Gasteiger partial charge in [0.1, 0.15) is 5.82 Å².